The molecule has 23 heavy (non-hydrogen) atoms. The monoisotopic (exact) mass is 324 g/mol. The van der Waals surface area contributed by atoms with Gasteiger partial charge in [-0.1, -0.05) is 6.07 Å². The molecule has 2 heterocycles. The number of halogens is 4. The minimum absolute atomic E-state index is 0.195. The number of pyridine rings is 1. The van der Waals surface area contributed by atoms with E-state index in [0.29, 0.717) is 22.2 Å². The molecule has 0 unspecified atom stereocenters. The van der Waals surface area contributed by atoms with E-state index in [1.54, 1.807) is 19.1 Å². The Morgan fingerprint density at radius 1 is 1.22 bits per heavy atom. The zero-order valence-corrected chi connectivity index (χ0v) is 12.0. The molecule has 1 aromatic carbocycles. The molecule has 0 aliphatic heterocycles. The van der Waals surface area contributed by atoms with Crippen molar-refractivity contribution in [3.63, 3.8) is 0 Å². The van der Waals surface area contributed by atoms with Crippen molar-refractivity contribution in [1.82, 2.24) is 14.8 Å². The average Bonchev–Trinajstić information content (AvgIpc) is 2.79. The van der Waals surface area contributed by atoms with Crippen molar-refractivity contribution in [1.29, 1.82) is 0 Å². The molecule has 4 nitrogen and oxygen atoms in total. The van der Waals surface area contributed by atoms with E-state index in [1.807, 2.05) is 0 Å². The highest BCUT2D eigenvalue weighted by molar-refractivity contribution is 5.91. The number of nitrogens with zero attached hydrogens (tertiary/aromatic N) is 3. The van der Waals surface area contributed by atoms with Crippen LogP contribution < -0.4 is 5.32 Å². The van der Waals surface area contributed by atoms with Gasteiger partial charge in [0.25, 0.3) is 0 Å². The molecule has 0 amide bonds. The first-order chi connectivity index (χ1) is 10.8. The summed E-state index contributed by atoms with van der Waals surface area (Å²) in [4.78, 5) is 3.91. The molecule has 120 valence electrons. The Morgan fingerprint density at radius 3 is 2.70 bits per heavy atom. The predicted molar refractivity (Wildman–Crippen MR) is 78.0 cm³/mol. The van der Waals surface area contributed by atoms with Gasteiger partial charge in [0.15, 0.2) is 5.82 Å². The lowest BCUT2D eigenvalue weighted by atomic mass is 10.2. The summed E-state index contributed by atoms with van der Waals surface area (Å²) in [7, 11) is 0. The minimum atomic E-state index is -4.39. The second-order valence-electron chi connectivity index (χ2n) is 5.10. The average molecular weight is 324 g/mol. The number of hydrogen-bond donors (Lipinski definition) is 1. The van der Waals surface area contributed by atoms with Crippen molar-refractivity contribution in [3.8, 4) is 0 Å². The van der Waals surface area contributed by atoms with Crippen LogP contribution in [-0.4, -0.2) is 20.9 Å². The van der Waals surface area contributed by atoms with Crippen LogP contribution in [0.4, 0.5) is 29.1 Å². The van der Waals surface area contributed by atoms with Crippen molar-refractivity contribution in [3.05, 3.63) is 48.0 Å². The molecule has 0 fully saturated rings. The number of hydrogen-bond acceptors (Lipinski definition) is 3. The van der Waals surface area contributed by atoms with E-state index in [4.69, 9.17) is 0 Å². The zero-order valence-electron chi connectivity index (χ0n) is 12.0. The van der Waals surface area contributed by atoms with Gasteiger partial charge in [0.2, 0.25) is 0 Å². The Kier molecular flexibility index (Phi) is 3.67. The fourth-order valence-electron chi connectivity index (χ4n) is 2.21. The minimum Gasteiger partial charge on any atom is -0.338 e. The molecular weight excluding hydrogens is 312 g/mol. The largest absolute Gasteiger partial charge is 0.408 e. The van der Waals surface area contributed by atoms with Crippen LogP contribution in [0.2, 0.25) is 0 Å². The molecule has 0 radical (unpaired) electrons. The Bertz CT molecular complexity index is 854. The van der Waals surface area contributed by atoms with Gasteiger partial charge in [-0.05, 0) is 30.7 Å². The molecule has 0 saturated heterocycles. The third kappa shape index (κ3) is 3.25. The smallest absolute Gasteiger partial charge is 0.338 e. The van der Waals surface area contributed by atoms with Crippen molar-refractivity contribution >= 4 is 22.4 Å². The molecule has 2 aromatic heterocycles. The number of nitrogens with one attached hydrogen (secondary N) is 1. The van der Waals surface area contributed by atoms with E-state index in [0.717, 1.165) is 4.68 Å². The summed E-state index contributed by atoms with van der Waals surface area (Å²) < 4.78 is 52.4. The summed E-state index contributed by atoms with van der Waals surface area (Å²) >= 11 is 0. The van der Waals surface area contributed by atoms with Crippen LogP contribution in [0.25, 0.3) is 10.9 Å². The van der Waals surface area contributed by atoms with Crippen molar-refractivity contribution in [2.45, 2.75) is 19.6 Å². The van der Waals surface area contributed by atoms with Gasteiger partial charge in [-0.25, -0.2) is 4.39 Å². The van der Waals surface area contributed by atoms with Crippen LogP contribution in [0.1, 0.15) is 5.56 Å². The van der Waals surface area contributed by atoms with Crippen LogP contribution in [-0.2, 0) is 6.54 Å². The molecule has 0 atom stereocenters. The lowest BCUT2D eigenvalue weighted by Crippen LogP contribution is -2.18. The summed E-state index contributed by atoms with van der Waals surface area (Å²) in [5, 5.41) is 7.22. The molecule has 1 N–H and O–H groups in total. The Hall–Kier alpha value is -2.64. The van der Waals surface area contributed by atoms with Crippen molar-refractivity contribution < 1.29 is 17.6 Å². The van der Waals surface area contributed by atoms with Gasteiger partial charge in [0.1, 0.15) is 12.4 Å². The Morgan fingerprint density at radius 2 is 2.00 bits per heavy atom. The summed E-state index contributed by atoms with van der Waals surface area (Å²) in [6.07, 6.45) is -1.58. The molecule has 0 saturated carbocycles. The maximum atomic E-state index is 13.6. The van der Waals surface area contributed by atoms with E-state index in [1.165, 1.54) is 24.5 Å². The third-order valence-corrected chi connectivity index (χ3v) is 3.32. The highest BCUT2D eigenvalue weighted by atomic mass is 19.4. The van der Waals surface area contributed by atoms with Gasteiger partial charge < -0.3 is 5.32 Å². The first kappa shape index (κ1) is 15.3. The van der Waals surface area contributed by atoms with Crippen LogP contribution in [0.3, 0.4) is 0 Å². The Balaban J connectivity index is 2.02. The second kappa shape index (κ2) is 5.53. The fraction of sp³-hybridized carbons (Fsp3) is 0.200. The van der Waals surface area contributed by atoms with E-state index < -0.39 is 18.5 Å². The number of benzene rings is 1. The summed E-state index contributed by atoms with van der Waals surface area (Å²) in [5.74, 6) is -0.215. The van der Waals surface area contributed by atoms with Gasteiger partial charge in [-0.3, -0.25) is 9.67 Å². The lowest BCUT2D eigenvalue weighted by molar-refractivity contribution is -0.141. The molecule has 3 rings (SSSR count). The van der Waals surface area contributed by atoms with Crippen molar-refractivity contribution in [2.24, 2.45) is 0 Å². The first-order valence-electron chi connectivity index (χ1n) is 6.74. The van der Waals surface area contributed by atoms with Crippen molar-refractivity contribution in [2.75, 3.05) is 5.32 Å². The van der Waals surface area contributed by atoms with Crippen LogP contribution >= 0.6 is 0 Å². The van der Waals surface area contributed by atoms with E-state index in [2.05, 4.69) is 15.4 Å². The fourth-order valence-corrected chi connectivity index (χ4v) is 2.21. The normalized spacial score (nSPS) is 11.9. The standard InChI is InChI=1S/C15H12F4N4/c1-9-2-3-10(6-12(9)16)21-14-11-7-20-5-4-13(11)23(22-14)8-15(17,18)19/h2-7H,8H2,1H3,(H,21,22). The number of anilines is 2. The van der Waals surface area contributed by atoms with E-state index >= 15 is 0 Å². The van der Waals surface area contributed by atoms with Gasteiger partial charge >= 0.3 is 6.18 Å². The number of rotatable bonds is 3. The quantitative estimate of drug-likeness (QED) is 0.735. The van der Waals surface area contributed by atoms with E-state index in [-0.39, 0.29) is 5.82 Å². The maximum absolute atomic E-state index is 13.6. The summed E-state index contributed by atoms with van der Waals surface area (Å²) in [6.45, 7) is 0.411. The zero-order chi connectivity index (χ0) is 16.6. The number of aromatic nitrogens is 3. The first-order valence-corrected chi connectivity index (χ1v) is 6.74. The SMILES string of the molecule is Cc1ccc(Nc2nn(CC(F)(F)F)c3ccncc23)cc1F. The molecule has 0 bridgehead atoms. The second-order valence-corrected chi connectivity index (χ2v) is 5.10. The van der Waals surface area contributed by atoms with Gasteiger partial charge in [0, 0.05) is 18.1 Å². The molecule has 0 aliphatic carbocycles. The van der Waals surface area contributed by atoms with Crippen LogP contribution in [0.15, 0.2) is 36.7 Å². The van der Waals surface area contributed by atoms with E-state index in [9.17, 15) is 17.6 Å². The number of aryl methyl sites for hydroxylation is 1. The van der Waals surface area contributed by atoms with Gasteiger partial charge in [-0.2, -0.15) is 18.3 Å². The molecular formula is C15H12F4N4. The topological polar surface area (TPSA) is 42.7 Å². The highest BCUT2D eigenvalue weighted by Gasteiger charge is 2.29. The predicted octanol–water partition coefficient (Wildman–Crippen LogP) is 4.18. The van der Waals surface area contributed by atoms with Crippen LogP contribution in [0.5, 0.6) is 0 Å². The number of fused-ring (bicyclic) bond motifs is 1. The Labute approximate surface area is 128 Å². The number of alkyl halides is 3. The summed E-state index contributed by atoms with van der Waals surface area (Å²) in [5.41, 5.74) is 1.17. The molecule has 3 aromatic rings. The highest BCUT2D eigenvalue weighted by Crippen LogP contribution is 2.28. The third-order valence-electron chi connectivity index (χ3n) is 3.32. The van der Waals surface area contributed by atoms with Gasteiger partial charge in [0.05, 0.1) is 10.9 Å². The van der Waals surface area contributed by atoms with Crippen LogP contribution in [0, 0.1) is 12.7 Å². The summed E-state index contributed by atoms with van der Waals surface area (Å²) in [6, 6.07) is 5.92. The molecule has 0 spiro atoms. The molecule has 8 heteroatoms. The lowest BCUT2D eigenvalue weighted by Gasteiger charge is -2.07. The maximum Gasteiger partial charge on any atom is 0.408 e. The van der Waals surface area contributed by atoms with Gasteiger partial charge in [-0.15, -0.1) is 0 Å². The molecule has 0 aliphatic rings.